The van der Waals surface area contributed by atoms with Crippen molar-refractivity contribution in [2.75, 3.05) is 25.0 Å². The Kier molecular flexibility index (Phi) is 4.01. The number of hydrogen-bond donors (Lipinski definition) is 1. The number of nitrogens with one attached hydrogen (secondary N) is 1. The van der Waals surface area contributed by atoms with Crippen molar-refractivity contribution in [1.82, 2.24) is 9.88 Å². The first-order valence-electron chi connectivity index (χ1n) is 7.91. The van der Waals surface area contributed by atoms with Gasteiger partial charge in [-0.2, -0.15) is 0 Å². The zero-order valence-electron chi connectivity index (χ0n) is 13.3. The minimum absolute atomic E-state index is 0.167. The van der Waals surface area contributed by atoms with Crippen LogP contribution in [0, 0.1) is 5.41 Å². The van der Waals surface area contributed by atoms with E-state index in [2.05, 4.69) is 24.1 Å². The van der Waals surface area contributed by atoms with Crippen molar-refractivity contribution in [3.8, 4) is 0 Å². The van der Waals surface area contributed by atoms with E-state index in [0.29, 0.717) is 6.54 Å². The normalized spacial score (nSPS) is 17.5. The maximum absolute atomic E-state index is 12.4. The van der Waals surface area contributed by atoms with E-state index in [4.69, 9.17) is 0 Å². The largest absolute Gasteiger partial charge is 0.374 e. The summed E-state index contributed by atoms with van der Waals surface area (Å²) in [7, 11) is 0. The molecule has 1 N–H and O–H groups in total. The second-order valence-corrected chi connectivity index (χ2v) is 6.82. The first-order valence-corrected chi connectivity index (χ1v) is 7.91. The molecule has 0 aliphatic carbocycles. The molecule has 0 saturated carbocycles. The lowest BCUT2D eigenvalue weighted by molar-refractivity contribution is -0.132. The van der Waals surface area contributed by atoms with Crippen LogP contribution in [0.25, 0.3) is 10.9 Å². The van der Waals surface area contributed by atoms with Gasteiger partial charge in [-0.3, -0.25) is 9.78 Å². The van der Waals surface area contributed by atoms with Crippen LogP contribution in [0.5, 0.6) is 0 Å². The van der Waals surface area contributed by atoms with Crippen molar-refractivity contribution >= 4 is 22.5 Å². The molecule has 2 heterocycles. The van der Waals surface area contributed by atoms with E-state index in [1.165, 1.54) is 6.42 Å². The number of hydrogen-bond acceptors (Lipinski definition) is 3. The number of nitrogens with zero attached hydrogens (tertiary/aromatic N) is 2. The Hall–Kier alpha value is -2.10. The predicted molar refractivity (Wildman–Crippen MR) is 89.8 cm³/mol. The maximum atomic E-state index is 12.4. The minimum Gasteiger partial charge on any atom is -0.374 e. The van der Waals surface area contributed by atoms with Crippen LogP contribution in [0.15, 0.2) is 36.5 Å². The zero-order valence-corrected chi connectivity index (χ0v) is 13.3. The summed E-state index contributed by atoms with van der Waals surface area (Å²) in [5.74, 6) is 0.167. The van der Waals surface area contributed by atoms with E-state index < -0.39 is 0 Å². The first-order chi connectivity index (χ1) is 10.6. The molecule has 2 aromatic rings. The number of carbonyl (C=O) groups excluding carboxylic acids is 1. The van der Waals surface area contributed by atoms with Gasteiger partial charge in [-0.05, 0) is 30.4 Å². The van der Waals surface area contributed by atoms with Crippen molar-refractivity contribution in [1.29, 1.82) is 0 Å². The van der Waals surface area contributed by atoms with Gasteiger partial charge in [-0.15, -0.1) is 0 Å². The maximum Gasteiger partial charge on any atom is 0.241 e. The Labute approximate surface area is 131 Å². The average Bonchev–Trinajstić information content (AvgIpc) is 2.51. The molecule has 0 unspecified atom stereocenters. The third kappa shape index (κ3) is 3.21. The lowest BCUT2D eigenvalue weighted by Crippen LogP contribution is -2.45. The molecule has 0 bridgehead atoms. The van der Waals surface area contributed by atoms with Crippen molar-refractivity contribution in [3.05, 3.63) is 36.5 Å². The third-order valence-electron chi connectivity index (χ3n) is 4.32. The summed E-state index contributed by atoms with van der Waals surface area (Å²) >= 11 is 0. The quantitative estimate of drug-likeness (QED) is 0.945. The Morgan fingerprint density at radius 2 is 2.14 bits per heavy atom. The van der Waals surface area contributed by atoms with E-state index >= 15 is 0 Å². The molecule has 1 aliphatic rings. The summed E-state index contributed by atoms with van der Waals surface area (Å²) in [6.45, 7) is 6.51. The number of aromatic nitrogens is 1. The Morgan fingerprint density at radius 1 is 1.32 bits per heavy atom. The number of amides is 1. The topological polar surface area (TPSA) is 45.2 Å². The van der Waals surface area contributed by atoms with Gasteiger partial charge in [0.2, 0.25) is 5.91 Å². The molecule has 1 fully saturated rings. The molecule has 4 nitrogen and oxygen atoms in total. The smallest absolute Gasteiger partial charge is 0.241 e. The predicted octanol–water partition coefficient (Wildman–Crippen LogP) is 3.30. The van der Waals surface area contributed by atoms with Gasteiger partial charge in [0.1, 0.15) is 0 Å². The van der Waals surface area contributed by atoms with Crippen LogP contribution in [0.2, 0.25) is 0 Å². The van der Waals surface area contributed by atoms with Crippen LogP contribution < -0.4 is 5.32 Å². The second kappa shape index (κ2) is 5.95. The van der Waals surface area contributed by atoms with Gasteiger partial charge in [-0.1, -0.05) is 32.0 Å². The molecule has 1 aliphatic heterocycles. The molecular formula is C18H23N3O. The summed E-state index contributed by atoms with van der Waals surface area (Å²) in [5, 5.41) is 4.34. The highest BCUT2D eigenvalue weighted by Gasteiger charge is 2.28. The van der Waals surface area contributed by atoms with Gasteiger partial charge in [0.15, 0.2) is 0 Å². The van der Waals surface area contributed by atoms with Crippen LogP contribution in [-0.4, -0.2) is 35.4 Å². The molecule has 1 aromatic heterocycles. The van der Waals surface area contributed by atoms with Gasteiger partial charge in [-0.25, -0.2) is 0 Å². The van der Waals surface area contributed by atoms with E-state index in [1.807, 2.05) is 35.2 Å². The van der Waals surface area contributed by atoms with Crippen molar-refractivity contribution in [2.45, 2.75) is 26.7 Å². The molecule has 3 rings (SSSR count). The summed E-state index contributed by atoms with van der Waals surface area (Å²) in [5.41, 5.74) is 2.06. The monoisotopic (exact) mass is 297 g/mol. The lowest BCUT2D eigenvalue weighted by Gasteiger charge is -2.38. The fraction of sp³-hybridized carbons (Fsp3) is 0.444. The fourth-order valence-corrected chi connectivity index (χ4v) is 3.17. The van der Waals surface area contributed by atoms with Gasteiger partial charge < -0.3 is 10.2 Å². The number of para-hydroxylation sites is 1. The highest BCUT2D eigenvalue weighted by Crippen LogP contribution is 2.28. The van der Waals surface area contributed by atoms with Crippen molar-refractivity contribution in [2.24, 2.45) is 5.41 Å². The average molecular weight is 297 g/mol. The van der Waals surface area contributed by atoms with Crippen LogP contribution in [0.4, 0.5) is 5.69 Å². The number of fused-ring (bicyclic) bond motifs is 1. The number of anilines is 1. The SMILES string of the molecule is CC1(C)CCCN(C(=O)CNc2cccc3cccnc23)C1. The molecule has 4 heteroatoms. The Morgan fingerprint density at radius 3 is 2.95 bits per heavy atom. The van der Waals surface area contributed by atoms with Gasteiger partial charge in [0, 0.05) is 24.7 Å². The van der Waals surface area contributed by atoms with Gasteiger partial charge in [0.05, 0.1) is 17.7 Å². The van der Waals surface area contributed by atoms with Crippen LogP contribution in [0.1, 0.15) is 26.7 Å². The molecule has 116 valence electrons. The molecule has 1 saturated heterocycles. The molecule has 0 radical (unpaired) electrons. The number of rotatable bonds is 3. The zero-order chi connectivity index (χ0) is 15.6. The second-order valence-electron chi connectivity index (χ2n) is 6.82. The van der Waals surface area contributed by atoms with Crippen LogP contribution in [0.3, 0.4) is 0 Å². The Balaban J connectivity index is 1.68. The summed E-state index contributed by atoms with van der Waals surface area (Å²) < 4.78 is 0. The van der Waals surface area contributed by atoms with Gasteiger partial charge in [0.25, 0.3) is 0 Å². The lowest BCUT2D eigenvalue weighted by atomic mass is 9.84. The van der Waals surface area contributed by atoms with Crippen LogP contribution >= 0.6 is 0 Å². The molecule has 0 spiro atoms. The fourth-order valence-electron chi connectivity index (χ4n) is 3.17. The van der Waals surface area contributed by atoms with E-state index in [1.54, 1.807) is 6.20 Å². The van der Waals surface area contributed by atoms with Gasteiger partial charge >= 0.3 is 0 Å². The highest BCUT2D eigenvalue weighted by molar-refractivity contribution is 5.92. The standard InChI is InChI=1S/C18H23N3O/c1-18(2)9-5-11-21(13-18)16(22)12-20-15-8-3-6-14-7-4-10-19-17(14)15/h3-4,6-8,10,20H,5,9,11-13H2,1-2H3. The first kappa shape index (κ1) is 14.8. The van der Waals surface area contributed by atoms with Crippen LogP contribution in [-0.2, 0) is 4.79 Å². The number of likely N-dealkylation sites (tertiary alicyclic amines) is 1. The van der Waals surface area contributed by atoms with E-state index in [0.717, 1.165) is 36.1 Å². The number of benzene rings is 1. The summed E-state index contributed by atoms with van der Waals surface area (Å²) in [6, 6.07) is 9.95. The molecule has 0 atom stereocenters. The minimum atomic E-state index is 0.167. The Bertz CT molecular complexity index is 676. The molecule has 1 aromatic carbocycles. The molecule has 22 heavy (non-hydrogen) atoms. The number of pyridine rings is 1. The number of piperidine rings is 1. The highest BCUT2D eigenvalue weighted by atomic mass is 16.2. The van der Waals surface area contributed by atoms with E-state index in [9.17, 15) is 4.79 Å². The number of carbonyl (C=O) groups is 1. The molecule has 1 amide bonds. The third-order valence-corrected chi connectivity index (χ3v) is 4.32. The summed E-state index contributed by atoms with van der Waals surface area (Å²) in [6.07, 6.45) is 4.06. The van der Waals surface area contributed by atoms with Crippen molar-refractivity contribution < 1.29 is 4.79 Å². The summed E-state index contributed by atoms with van der Waals surface area (Å²) in [4.78, 5) is 18.8. The molecular weight excluding hydrogens is 274 g/mol. The van der Waals surface area contributed by atoms with E-state index in [-0.39, 0.29) is 11.3 Å². The van der Waals surface area contributed by atoms with Crippen molar-refractivity contribution in [3.63, 3.8) is 0 Å².